The number of amides is 1. The molecule has 8 heteroatoms. The highest BCUT2D eigenvalue weighted by molar-refractivity contribution is 6.10. The van der Waals surface area contributed by atoms with Crippen LogP contribution >= 0.6 is 0 Å². The van der Waals surface area contributed by atoms with Crippen LogP contribution in [-0.4, -0.2) is 41.2 Å². The van der Waals surface area contributed by atoms with E-state index in [1.54, 1.807) is 19.3 Å². The number of nitrogens with one attached hydrogen (secondary N) is 2. The summed E-state index contributed by atoms with van der Waals surface area (Å²) in [5.74, 6) is -0.294. The van der Waals surface area contributed by atoms with E-state index in [0.717, 1.165) is 53.0 Å². The lowest BCUT2D eigenvalue weighted by Crippen LogP contribution is -2.23. The fourth-order valence-corrected chi connectivity index (χ4v) is 5.82. The van der Waals surface area contributed by atoms with Gasteiger partial charge in [0.1, 0.15) is 17.4 Å². The van der Waals surface area contributed by atoms with E-state index in [1.165, 1.54) is 12.1 Å². The minimum atomic E-state index is -0.577. The Morgan fingerprint density at radius 3 is 2.56 bits per heavy atom. The number of benzene rings is 3. The summed E-state index contributed by atoms with van der Waals surface area (Å²) in [7, 11) is 1.62. The van der Waals surface area contributed by atoms with Gasteiger partial charge < -0.3 is 10.1 Å². The van der Waals surface area contributed by atoms with Crippen LogP contribution in [0.4, 0.5) is 14.5 Å². The Morgan fingerprint density at radius 1 is 1.08 bits per heavy atom. The van der Waals surface area contributed by atoms with E-state index in [-0.39, 0.29) is 23.9 Å². The third-order valence-electron chi connectivity index (χ3n) is 8.21. The average molecular weight is 529 g/mol. The van der Waals surface area contributed by atoms with Crippen LogP contribution in [0.5, 0.6) is 5.75 Å². The van der Waals surface area contributed by atoms with Crippen molar-refractivity contribution in [2.45, 2.75) is 38.1 Å². The number of nitrogens with zero attached hydrogens (tertiary/aromatic N) is 2. The van der Waals surface area contributed by atoms with Crippen LogP contribution in [0.1, 0.15) is 54.1 Å². The van der Waals surface area contributed by atoms with Gasteiger partial charge in [-0.1, -0.05) is 32.1 Å². The maximum Gasteiger partial charge on any atom is 0.235 e. The van der Waals surface area contributed by atoms with Crippen LogP contribution in [0.15, 0.2) is 48.5 Å². The number of hydrogen-bond donors (Lipinski definition) is 2. The van der Waals surface area contributed by atoms with Gasteiger partial charge in [-0.3, -0.25) is 14.8 Å². The van der Waals surface area contributed by atoms with Crippen molar-refractivity contribution in [2.75, 3.05) is 25.5 Å². The number of aromatic amines is 1. The molecule has 2 aliphatic rings. The van der Waals surface area contributed by atoms with Gasteiger partial charge in [-0.25, -0.2) is 8.78 Å². The van der Waals surface area contributed by atoms with Crippen molar-refractivity contribution in [3.8, 4) is 5.75 Å². The molecular weight excluding hydrogens is 498 g/mol. The van der Waals surface area contributed by atoms with Gasteiger partial charge in [0.2, 0.25) is 5.91 Å². The molecule has 1 aliphatic carbocycles. The van der Waals surface area contributed by atoms with Crippen LogP contribution in [0.2, 0.25) is 0 Å². The van der Waals surface area contributed by atoms with Crippen molar-refractivity contribution in [3.63, 3.8) is 0 Å². The van der Waals surface area contributed by atoms with Gasteiger partial charge >= 0.3 is 0 Å². The Balaban J connectivity index is 1.24. The molecule has 2 atom stereocenters. The number of ether oxygens (including phenoxy) is 1. The third kappa shape index (κ3) is 4.19. The fourth-order valence-electron chi connectivity index (χ4n) is 5.82. The van der Waals surface area contributed by atoms with Crippen molar-refractivity contribution < 1.29 is 18.3 Å². The molecule has 0 radical (unpaired) electrons. The number of carbonyl (C=O) groups excluding carboxylic acids is 1. The van der Waals surface area contributed by atoms with Crippen LogP contribution in [0, 0.1) is 11.6 Å². The van der Waals surface area contributed by atoms with E-state index >= 15 is 0 Å². The molecule has 6 rings (SSSR count). The number of fused-ring (bicyclic) bond motifs is 3. The zero-order valence-corrected chi connectivity index (χ0v) is 22.1. The molecule has 6 nitrogen and oxygen atoms in total. The van der Waals surface area contributed by atoms with E-state index in [9.17, 15) is 13.6 Å². The van der Waals surface area contributed by atoms with Gasteiger partial charge in [0.05, 0.1) is 23.7 Å². The van der Waals surface area contributed by atoms with Crippen LogP contribution < -0.4 is 10.1 Å². The van der Waals surface area contributed by atoms with Gasteiger partial charge in [-0.15, -0.1) is 0 Å². The first-order chi connectivity index (χ1) is 18.9. The molecule has 1 fully saturated rings. The lowest BCUT2D eigenvalue weighted by atomic mass is 9.91. The highest BCUT2D eigenvalue weighted by Gasteiger charge is 2.65. The second-order valence-electron chi connectivity index (χ2n) is 10.3. The minimum Gasteiger partial charge on any atom is -0.497 e. The number of methoxy groups -OCH3 is 1. The van der Waals surface area contributed by atoms with Gasteiger partial charge in [0, 0.05) is 29.1 Å². The molecular formula is C31H30F2N4O2. The normalized spacial score (nSPS) is 19.8. The second-order valence-corrected chi connectivity index (χ2v) is 10.3. The second kappa shape index (κ2) is 9.61. The molecule has 1 aliphatic heterocycles. The van der Waals surface area contributed by atoms with E-state index in [4.69, 9.17) is 4.74 Å². The Bertz CT molecular complexity index is 1600. The molecule has 0 saturated heterocycles. The van der Waals surface area contributed by atoms with Crippen LogP contribution in [-0.2, 0) is 16.8 Å². The molecule has 1 saturated carbocycles. The number of carbonyl (C=O) groups is 1. The fraction of sp³-hybridized carbons (Fsp3) is 0.290. The Hall–Kier alpha value is -4.04. The van der Waals surface area contributed by atoms with Crippen molar-refractivity contribution in [1.82, 2.24) is 15.1 Å². The minimum absolute atomic E-state index is 0.0201. The third-order valence-corrected chi connectivity index (χ3v) is 8.21. The summed E-state index contributed by atoms with van der Waals surface area (Å²) in [6.45, 7) is 5.63. The first-order valence-electron chi connectivity index (χ1n) is 13.2. The molecule has 4 aromatic rings. The molecule has 1 aromatic heterocycles. The van der Waals surface area contributed by atoms with E-state index in [1.807, 2.05) is 55.1 Å². The number of hydrogen-bond acceptors (Lipinski definition) is 4. The van der Waals surface area contributed by atoms with Crippen LogP contribution in [0.3, 0.4) is 0 Å². The highest BCUT2D eigenvalue weighted by atomic mass is 19.1. The van der Waals surface area contributed by atoms with Gasteiger partial charge in [-0.05, 0) is 78.7 Å². The number of H-pyrrole nitrogens is 1. The number of halogens is 2. The molecule has 1 spiro atoms. The summed E-state index contributed by atoms with van der Waals surface area (Å²) in [6.07, 6.45) is 4.15. The molecule has 1 amide bonds. The predicted molar refractivity (Wildman–Crippen MR) is 149 cm³/mol. The summed E-state index contributed by atoms with van der Waals surface area (Å²) in [6, 6.07) is 14.5. The standard InChI is InChI=1S/C31H30F2N4O2/c1-4-37(5-2)17-22-25(32)12-18(13-26(22)33)6-10-27-21-9-7-19(14-29(21)36-35-27)24-16-31(24)23-15-20(39-3)8-11-28(23)34-30(31)38/h6-15,24H,4-5,16-17H2,1-3H3,(H,34,38)(H,35,36)/t24-,31-/m0/s1. The predicted octanol–water partition coefficient (Wildman–Crippen LogP) is 6.24. The van der Waals surface area contributed by atoms with Gasteiger partial charge in [-0.2, -0.15) is 5.10 Å². The molecule has 2 heterocycles. The van der Waals surface area contributed by atoms with E-state index in [2.05, 4.69) is 15.5 Å². The van der Waals surface area contributed by atoms with Crippen molar-refractivity contribution in [2.24, 2.45) is 0 Å². The SMILES string of the molecule is CCN(CC)Cc1c(F)cc(C=Cc2n[nH]c3cc([C@@H]4C[C@@]45C(=O)Nc4ccc(OC)cc45)ccc23)cc1F. The smallest absolute Gasteiger partial charge is 0.235 e. The zero-order valence-electron chi connectivity index (χ0n) is 22.1. The van der Waals surface area contributed by atoms with Crippen molar-refractivity contribution in [3.05, 3.63) is 88.1 Å². The Kier molecular flexibility index (Phi) is 6.22. The molecule has 39 heavy (non-hydrogen) atoms. The molecule has 3 aromatic carbocycles. The maximum atomic E-state index is 14.7. The monoisotopic (exact) mass is 528 g/mol. The summed E-state index contributed by atoms with van der Waals surface area (Å²) >= 11 is 0. The zero-order chi connectivity index (χ0) is 27.3. The summed E-state index contributed by atoms with van der Waals surface area (Å²) in [4.78, 5) is 15.0. The molecule has 0 bridgehead atoms. The summed E-state index contributed by atoms with van der Waals surface area (Å²) in [5, 5.41) is 11.4. The van der Waals surface area contributed by atoms with Crippen molar-refractivity contribution >= 4 is 34.6 Å². The van der Waals surface area contributed by atoms with Gasteiger partial charge in [0.25, 0.3) is 0 Å². The van der Waals surface area contributed by atoms with Crippen LogP contribution in [0.25, 0.3) is 23.1 Å². The lowest BCUT2D eigenvalue weighted by Gasteiger charge is -2.19. The first kappa shape index (κ1) is 25.2. The Morgan fingerprint density at radius 2 is 1.85 bits per heavy atom. The number of anilines is 1. The van der Waals surface area contributed by atoms with Gasteiger partial charge in [0.15, 0.2) is 0 Å². The highest BCUT2D eigenvalue weighted by Crippen LogP contribution is 2.65. The maximum absolute atomic E-state index is 14.7. The lowest BCUT2D eigenvalue weighted by molar-refractivity contribution is -0.118. The summed E-state index contributed by atoms with van der Waals surface area (Å²) < 4.78 is 34.8. The molecule has 2 N–H and O–H groups in total. The number of aromatic nitrogens is 2. The number of rotatable bonds is 8. The largest absolute Gasteiger partial charge is 0.497 e. The molecule has 200 valence electrons. The summed E-state index contributed by atoms with van der Waals surface area (Å²) in [5.41, 5.74) is 4.33. The average Bonchev–Trinajstić information content (AvgIpc) is 3.48. The molecule has 0 unspecified atom stereocenters. The van der Waals surface area contributed by atoms with Crippen molar-refractivity contribution in [1.29, 1.82) is 0 Å². The first-order valence-corrected chi connectivity index (χ1v) is 13.2. The quantitative estimate of drug-likeness (QED) is 0.284. The van der Waals surface area contributed by atoms with E-state index in [0.29, 0.717) is 11.3 Å². The Labute approximate surface area is 225 Å². The van der Waals surface area contributed by atoms with E-state index < -0.39 is 17.0 Å². The topological polar surface area (TPSA) is 70.2 Å².